The zero-order valence-electron chi connectivity index (χ0n) is 21.4. The van der Waals surface area contributed by atoms with Gasteiger partial charge in [-0.15, -0.1) is 0 Å². The van der Waals surface area contributed by atoms with Crippen LogP contribution in [0.1, 0.15) is 43.6 Å². The largest absolute Gasteiger partial charge is 0.490 e. The Kier molecular flexibility index (Phi) is 9.47. The number of nitrogens with zero attached hydrogens (tertiary/aromatic N) is 4. The SMILES string of the molecule is CCCCc1nc2ccc(Br)cc2c(=O)n1N=Cc1cc(OCC)c(OCc2ccc([N+](=O)[O-])cc2)cc1Br. The molecule has 202 valence electrons. The quantitative estimate of drug-likeness (QED) is 0.0973. The molecule has 0 aliphatic carbocycles. The fourth-order valence-electron chi connectivity index (χ4n) is 3.84. The second kappa shape index (κ2) is 13.0. The van der Waals surface area contributed by atoms with Crippen LogP contribution < -0.4 is 15.0 Å². The predicted octanol–water partition coefficient (Wildman–Crippen LogP) is 7.03. The molecule has 0 bridgehead atoms. The second-order valence-corrected chi connectivity index (χ2v) is 10.4. The molecule has 0 radical (unpaired) electrons. The van der Waals surface area contributed by atoms with Crippen molar-refractivity contribution in [3.8, 4) is 11.5 Å². The molecular weight excluding hydrogens is 632 g/mol. The minimum absolute atomic E-state index is 0.0198. The Morgan fingerprint density at radius 2 is 1.79 bits per heavy atom. The molecule has 0 aliphatic heterocycles. The van der Waals surface area contributed by atoms with E-state index in [1.54, 1.807) is 36.5 Å². The van der Waals surface area contributed by atoms with Gasteiger partial charge in [-0.25, -0.2) is 4.98 Å². The number of ether oxygens (including phenoxy) is 2. The summed E-state index contributed by atoms with van der Waals surface area (Å²) in [5.41, 5.74) is 1.87. The van der Waals surface area contributed by atoms with E-state index in [0.717, 1.165) is 22.9 Å². The lowest BCUT2D eigenvalue weighted by molar-refractivity contribution is -0.384. The highest BCUT2D eigenvalue weighted by atomic mass is 79.9. The van der Waals surface area contributed by atoms with E-state index in [4.69, 9.17) is 14.5 Å². The third-order valence-electron chi connectivity index (χ3n) is 5.85. The number of non-ortho nitro benzene ring substituents is 1. The third-order valence-corrected chi connectivity index (χ3v) is 7.03. The maximum absolute atomic E-state index is 13.4. The monoisotopic (exact) mass is 656 g/mol. The Bertz CT molecular complexity index is 1590. The molecule has 0 saturated carbocycles. The van der Waals surface area contributed by atoms with Crippen LogP contribution in [0.2, 0.25) is 0 Å². The molecule has 0 aliphatic rings. The molecule has 4 rings (SSSR count). The third kappa shape index (κ3) is 6.90. The number of benzene rings is 3. The molecule has 0 N–H and O–H groups in total. The van der Waals surface area contributed by atoms with Crippen molar-refractivity contribution in [3.63, 3.8) is 0 Å². The first-order valence-electron chi connectivity index (χ1n) is 12.4. The summed E-state index contributed by atoms with van der Waals surface area (Å²) < 4.78 is 14.6. The van der Waals surface area contributed by atoms with Gasteiger partial charge in [0.15, 0.2) is 11.5 Å². The van der Waals surface area contributed by atoms with E-state index in [1.165, 1.54) is 16.8 Å². The molecule has 0 spiro atoms. The van der Waals surface area contributed by atoms with Gasteiger partial charge >= 0.3 is 0 Å². The first kappa shape index (κ1) is 28.4. The molecule has 3 aromatic carbocycles. The molecule has 39 heavy (non-hydrogen) atoms. The van der Waals surface area contributed by atoms with E-state index in [1.807, 2.05) is 19.1 Å². The average Bonchev–Trinajstić information content (AvgIpc) is 2.92. The van der Waals surface area contributed by atoms with E-state index < -0.39 is 4.92 Å². The van der Waals surface area contributed by atoms with E-state index in [2.05, 4.69) is 43.9 Å². The van der Waals surface area contributed by atoms with Gasteiger partial charge in [0, 0.05) is 33.1 Å². The molecule has 9 nitrogen and oxygen atoms in total. The first-order chi connectivity index (χ1) is 18.8. The molecule has 0 atom stereocenters. The fourth-order valence-corrected chi connectivity index (χ4v) is 4.62. The van der Waals surface area contributed by atoms with Gasteiger partial charge in [0.1, 0.15) is 12.4 Å². The highest BCUT2D eigenvalue weighted by Gasteiger charge is 2.14. The van der Waals surface area contributed by atoms with Crippen molar-refractivity contribution in [2.45, 2.75) is 39.7 Å². The van der Waals surface area contributed by atoms with Crippen molar-refractivity contribution in [2.24, 2.45) is 5.10 Å². The van der Waals surface area contributed by atoms with Crippen LogP contribution >= 0.6 is 31.9 Å². The highest BCUT2D eigenvalue weighted by Crippen LogP contribution is 2.34. The summed E-state index contributed by atoms with van der Waals surface area (Å²) in [4.78, 5) is 28.5. The Balaban J connectivity index is 1.65. The molecule has 0 saturated heterocycles. The van der Waals surface area contributed by atoms with E-state index >= 15 is 0 Å². The number of rotatable bonds is 11. The van der Waals surface area contributed by atoms with E-state index in [0.29, 0.717) is 51.3 Å². The van der Waals surface area contributed by atoms with Gasteiger partial charge in [-0.2, -0.15) is 9.78 Å². The van der Waals surface area contributed by atoms with Gasteiger partial charge in [0.25, 0.3) is 11.2 Å². The number of unbranched alkanes of at least 4 members (excludes halogenated alkanes) is 1. The lowest BCUT2D eigenvalue weighted by atomic mass is 10.2. The number of nitro benzene ring substituents is 1. The first-order valence-corrected chi connectivity index (χ1v) is 14.0. The van der Waals surface area contributed by atoms with Gasteiger partial charge in [0.05, 0.1) is 28.6 Å². The number of hydrogen-bond donors (Lipinski definition) is 0. The van der Waals surface area contributed by atoms with Gasteiger partial charge in [0.2, 0.25) is 0 Å². The van der Waals surface area contributed by atoms with Crippen molar-refractivity contribution in [1.29, 1.82) is 0 Å². The standard InChI is InChI=1S/C28H26Br2N4O5/c1-3-5-6-27-32-24-12-9-20(29)14-22(24)28(35)33(27)31-16-19-13-25(38-4-2)26(15-23(19)30)39-17-18-7-10-21(11-8-18)34(36)37/h7-16H,3-6,17H2,1-2H3. The number of fused-ring (bicyclic) bond motifs is 1. The number of nitro groups is 1. The maximum atomic E-state index is 13.4. The van der Waals surface area contributed by atoms with Crippen molar-refractivity contribution in [1.82, 2.24) is 9.66 Å². The van der Waals surface area contributed by atoms with Crippen LogP contribution in [0.3, 0.4) is 0 Å². The van der Waals surface area contributed by atoms with Crippen molar-refractivity contribution in [3.05, 3.63) is 101 Å². The Labute approximate surface area is 241 Å². The van der Waals surface area contributed by atoms with Crippen LogP contribution in [0.15, 0.2) is 73.4 Å². The molecule has 11 heteroatoms. The predicted molar refractivity (Wildman–Crippen MR) is 158 cm³/mol. The topological polar surface area (TPSA) is 109 Å². The van der Waals surface area contributed by atoms with Gasteiger partial charge < -0.3 is 9.47 Å². The Hall–Kier alpha value is -3.57. The number of hydrogen-bond acceptors (Lipinski definition) is 7. The fraction of sp³-hybridized carbons (Fsp3) is 0.250. The summed E-state index contributed by atoms with van der Waals surface area (Å²) in [5, 5.41) is 15.9. The van der Waals surface area contributed by atoms with Gasteiger partial charge in [-0.1, -0.05) is 29.3 Å². The highest BCUT2D eigenvalue weighted by molar-refractivity contribution is 9.10. The van der Waals surface area contributed by atoms with Crippen LogP contribution in [0, 0.1) is 10.1 Å². The summed E-state index contributed by atoms with van der Waals surface area (Å²) in [7, 11) is 0. The van der Waals surface area contributed by atoms with Gasteiger partial charge in [-0.3, -0.25) is 14.9 Å². The van der Waals surface area contributed by atoms with Crippen LogP contribution in [0.5, 0.6) is 11.5 Å². The van der Waals surface area contributed by atoms with Crippen molar-refractivity contribution >= 4 is 54.7 Å². The normalized spacial score (nSPS) is 11.3. The summed E-state index contributed by atoms with van der Waals surface area (Å²) in [6.45, 7) is 4.57. The van der Waals surface area contributed by atoms with E-state index in [-0.39, 0.29) is 17.9 Å². The van der Waals surface area contributed by atoms with Crippen molar-refractivity contribution in [2.75, 3.05) is 6.61 Å². The second-order valence-electron chi connectivity index (χ2n) is 8.62. The summed E-state index contributed by atoms with van der Waals surface area (Å²) in [5.74, 6) is 1.59. The number of halogens is 2. The smallest absolute Gasteiger partial charge is 0.282 e. The Morgan fingerprint density at radius 3 is 2.49 bits per heavy atom. The summed E-state index contributed by atoms with van der Waals surface area (Å²) >= 11 is 7.00. The average molecular weight is 658 g/mol. The Morgan fingerprint density at radius 1 is 1.05 bits per heavy atom. The van der Waals surface area contributed by atoms with E-state index in [9.17, 15) is 14.9 Å². The van der Waals surface area contributed by atoms with Crippen molar-refractivity contribution < 1.29 is 14.4 Å². The minimum Gasteiger partial charge on any atom is -0.490 e. The molecule has 0 fully saturated rings. The number of aryl methyl sites for hydroxylation is 1. The van der Waals surface area contributed by atoms with Crippen LogP contribution in [0.4, 0.5) is 5.69 Å². The van der Waals surface area contributed by atoms with Crippen LogP contribution in [-0.4, -0.2) is 27.4 Å². The lowest BCUT2D eigenvalue weighted by Crippen LogP contribution is -2.22. The molecule has 0 unspecified atom stereocenters. The molecular formula is C28H26Br2N4O5. The van der Waals surface area contributed by atoms with Crippen LogP contribution in [0.25, 0.3) is 10.9 Å². The minimum atomic E-state index is -0.441. The lowest BCUT2D eigenvalue weighted by Gasteiger charge is -2.14. The zero-order valence-corrected chi connectivity index (χ0v) is 24.6. The maximum Gasteiger partial charge on any atom is 0.282 e. The zero-order chi connectivity index (χ0) is 27.9. The molecule has 0 amide bonds. The van der Waals surface area contributed by atoms with Crippen LogP contribution in [-0.2, 0) is 13.0 Å². The van der Waals surface area contributed by atoms with Gasteiger partial charge in [-0.05, 0) is 77.3 Å². The molecule has 1 heterocycles. The molecule has 1 aromatic heterocycles. The number of aromatic nitrogens is 2. The summed E-state index contributed by atoms with van der Waals surface area (Å²) in [6.07, 6.45) is 4.05. The summed E-state index contributed by atoms with van der Waals surface area (Å²) in [6, 6.07) is 15.2. The molecule has 4 aromatic rings.